The summed E-state index contributed by atoms with van der Waals surface area (Å²) >= 11 is 0. The third-order valence-corrected chi connectivity index (χ3v) is 5.60. The number of allylic oxidation sites excluding steroid dienone is 2. The van der Waals surface area contributed by atoms with Gasteiger partial charge in [-0.2, -0.15) is 0 Å². The van der Waals surface area contributed by atoms with Gasteiger partial charge in [0.2, 0.25) is 11.8 Å². The number of carbonyl (C=O) groups excluding carboxylic acids is 2. The molecule has 0 spiro atoms. The van der Waals surface area contributed by atoms with Gasteiger partial charge in [0, 0.05) is 6.54 Å². The molecular weight excluding hydrogens is 250 g/mol. The normalized spacial score (nSPS) is 36.0. The van der Waals surface area contributed by atoms with Crippen molar-refractivity contribution in [2.45, 2.75) is 46.0 Å². The summed E-state index contributed by atoms with van der Waals surface area (Å²) in [6.45, 7) is 5.04. The zero-order valence-corrected chi connectivity index (χ0v) is 12.5. The summed E-state index contributed by atoms with van der Waals surface area (Å²) in [5.74, 6) is 1.50. The number of amides is 2. The first kappa shape index (κ1) is 13.8. The Labute approximate surface area is 121 Å². The van der Waals surface area contributed by atoms with E-state index in [2.05, 4.69) is 26.0 Å². The molecule has 2 amide bonds. The molecule has 0 aromatic carbocycles. The molecule has 2 bridgehead atoms. The first-order chi connectivity index (χ1) is 9.67. The Hall–Kier alpha value is -1.12. The Morgan fingerprint density at radius 3 is 2.20 bits per heavy atom. The molecule has 0 N–H and O–H groups in total. The van der Waals surface area contributed by atoms with E-state index in [0.717, 1.165) is 19.3 Å². The highest BCUT2D eigenvalue weighted by molar-refractivity contribution is 6.06. The molecule has 3 aliphatic rings. The standard InChI is InChI=1S/C17H25NO2/c1-3-5-11(4-2)8-9-18-16(19)14-12-6-7-13(10-12)15(14)17(18)20/h6-7,11-15H,3-5,8-10H2,1-2H3. The first-order valence-electron chi connectivity index (χ1n) is 8.20. The van der Waals surface area contributed by atoms with Gasteiger partial charge >= 0.3 is 0 Å². The highest BCUT2D eigenvalue weighted by Gasteiger charge is 2.58. The molecule has 0 radical (unpaired) electrons. The summed E-state index contributed by atoms with van der Waals surface area (Å²) in [4.78, 5) is 26.6. The number of carbonyl (C=O) groups is 2. The van der Waals surface area contributed by atoms with Crippen LogP contribution in [0.3, 0.4) is 0 Å². The fourth-order valence-electron chi connectivity index (χ4n) is 4.46. The highest BCUT2D eigenvalue weighted by atomic mass is 16.2. The van der Waals surface area contributed by atoms with Crippen LogP contribution >= 0.6 is 0 Å². The number of nitrogens with zero attached hydrogens (tertiary/aromatic N) is 1. The van der Waals surface area contributed by atoms with Crippen molar-refractivity contribution in [2.24, 2.45) is 29.6 Å². The van der Waals surface area contributed by atoms with E-state index in [1.807, 2.05) is 0 Å². The predicted octanol–water partition coefficient (Wildman–Crippen LogP) is 3.01. The van der Waals surface area contributed by atoms with Crippen molar-refractivity contribution in [3.05, 3.63) is 12.2 Å². The Morgan fingerprint density at radius 2 is 1.70 bits per heavy atom. The van der Waals surface area contributed by atoms with Gasteiger partial charge in [-0.15, -0.1) is 0 Å². The number of likely N-dealkylation sites (tertiary alicyclic amines) is 1. The number of hydrogen-bond acceptors (Lipinski definition) is 2. The van der Waals surface area contributed by atoms with Crippen molar-refractivity contribution in [3.63, 3.8) is 0 Å². The molecular formula is C17H25NO2. The van der Waals surface area contributed by atoms with Gasteiger partial charge in [-0.3, -0.25) is 14.5 Å². The molecule has 1 saturated carbocycles. The number of imide groups is 1. The van der Waals surface area contributed by atoms with E-state index in [9.17, 15) is 9.59 Å². The molecule has 5 atom stereocenters. The van der Waals surface area contributed by atoms with Crippen LogP contribution in [-0.4, -0.2) is 23.3 Å². The lowest BCUT2D eigenvalue weighted by Crippen LogP contribution is -2.34. The van der Waals surface area contributed by atoms with Crippen LogP contribution in [0.2, 0.25) is 0 Å². The van der Waals surface area contributed by atoms with Crippen molar-refractivity contribution in [1.29, 1.82) is 0 Å². The van der Waals surface area contributed by atoms with Gasteiger partial charge in [0.05, 0.1) is 11.8 Å². The molecule has 1 aliphatic heterocycles. The Bertz CT molecular complexity index is 412. The van der Waals surface area contributed by atoms with Crippen molar-refractivity contribution >= 4 is 11.8 Å². The third kappa shape index (κ3) is 2.02. The fourth-order valence-corrected chi connectivity index (χ4v) is 4.46. The maximum Gasteiger partial charge on any atom is 0.233 e. The molecule has 1 saturated heterocycles. The predicted molar refractivity (Wildman–Crippen MR) is 77.7 cm³/mol. The average molecular weight is 275 g/mol. The number of hydrogen-bond donors (Lipinski definition) is 0. The monoisotopic (exact) mass is 275 g/mol. The molecule has 1 heterocycles. The largest absolute Gasteiger partial charge is 0.282 e. The van der Waals surface area contributed by atoms with E-state index in [1.165, 1.54) is 12.8 Å². The van der Waals surface area contributed by atoms with E-state index >= 15 is 0 Å². The summed E-state index contributed by atoms with van der Waals surface area (Å²) < 4.78 is 0. The van der Waals surface area contributed by atoms with E-state index in [1.54, 1.807) is 4.90 Å². The summed E-state index contributed by atoms with van der Waals surface area (Å²) in [5.41, 5.74) is 0. The molecule has 20 heavy (non-hydrogen) atoms. The van der Waals surface area contributed by atoms with Crippen molar-refractivity contribution < 1.29 is 9.59 Å². The highest BCUT2D eigenvalue weighted by Crippen LogP contribution is 2.52. The van der Waals surface area contributed by atoms with Crippen LogP contribution in [0.4, 0.5) is 0 Å². The molecule has 2 fully saturated rings. The first-order valence-corrected chi connectivity index (χ1v) is 8.20. The molecule has 110 valence electrons. The zero-order valence-electron chi connectivity index (χ0n) is 12.5. The van der Waals surface area contributed by atoms with Crippen molar-refractivity contribution in [2.75, 3.05) is 6.54 Å². The maximum absolute atomic E-state index is 12.5. The van der Waals surface area contributed by atoms with Crippen LogP contribution < -0.4 is 0 Å². The molecule has 3 heteroatoms. The second-order valence-corrected chi connectivity index (χ2v) is 6.68. The van der Waals surface area contributed by atoms with Crippen LogP contribution in [0.15, 0.2) is 12.2 Å². The van der Waals surface area contributed by atoms with Gasteiger partial charge in [-0.05, 0) is 30.6 Å². The van der Waals surface area contributed by atoms with E-state index in [-0.39, 0.29) is 23.7 Å². The summed E-state index contributed by atoms with van der Waals surface area (Å²) in [6.07, 6.45) is 9.84. The van der Waals surface area contributed by atoms with Crippen LogP contribution in [0.25, 0.3) is 0 Å². The maximum atomic E-state index is 12.5. The molecule has 0 aromatic heterocycles. The minimum Gasteiger partial charge on any atom is -0.282 e. The van der Waals surface area contributed by atoms with Crippen molar-refractivity contribution in [1.82, 2.24) is 4.90 Å². The molecule has 5 unspecified atom stereocenters. The van der Waals surface area contributed by atoms with Crippen LogP contribution in [-0.2, 0) is 9.59 Å². The minimum atomic E-state index is -0.0243. The van der Waals surface area contributed by atoms with Crippen LogP contribution in [0.5, 0.6) is 0 Å². The van der Waals surface area contributed by atoms with Gasteiger partial charge in [0.15, 0.2) is 0 Å². The molecule has 2 aliphatic carbocycles. The molecule has 3 nitrogen and oxygen atoms in total. The van der Waals surface area contributed by atoms with Crippen LogP contribution in [0.1, 0.15) is 46.0 Å². The number of rotatable bonds is 6. The zero-order chi connectivity index (χ0) is 14.3. The second kappa shape index (κ2) is 5.34. The van der Waals surface area contributed by atoms with Gasteiger partial charge in [-0.1, -0.05) is 45.3 Å². The quantitative estimate of drug-likeness (QED) is 0.552. The van der Waals surface area contributed by atoms with Crippen molar-refractivity contribution in [3.8, 4) is 0 Å². The van der Waals surface area contributed by atoms with E-state index in [4.69, 9.17) is 0 Å². The SMILES string of the molecule is CCCC(CC)CCN1C(=O)C2C3C=CC(C3)C2C1=O. The average Bonchev–Trinajstić information content (AvgIpc) is 3.11. The minimum absolute atomic E-state index is 0.0243. The van der Waals surface area contributed by atoms with Gasteiger partial charge in [-0.25, -0.2) is 0 Å². The Balaban J connectivity index is 1.64. The van der Waals surface area contributed by atoms with Gasteiger partial charge in [0.1, 0.15) is 0 Å². The topological polar surface area (TPSA) is 37.4 Å². The van der Waals surface area contributed by atoms with Gasteiger partial charge < -0.3 is 0 Å². The number of fused-ring (bicyclic) bond motifs is 5. The Morgan fingerprint density at radius 1 is 1.10 bits per heavy atom. The van der Waals surface area contributed by atoms with Crippen LogP contribution in [0, 0.1) is 29.6 Å². The summed E-state index contributed by atoms with van der Waals surface area (Å²) in [5, 5.41) is 0. The lowest BCUT2D eigenvalue weighted by atomic mass is 9.85. The second-order valence-electron chi connectivity index (χ2n) is 6.68. The molecule has 3 rings (SSSR count). The fraction of sp³-hybridized carbons (Fsp3) is 0.765. The van der Waals surface area contributed by atoms with E-state index in [0.29, 0.717) is 24.3 Å². The van der Waals surface area contributed by atoms with E-state index < -0.39 is 0 Å². The summed E-state index contributed by atoms with van der Waals surface area (Å²) in [7, 11) is 0. The lowest BCUT2D eigenvalue weighted by molar-refractivity contribution is -0.140. The smallest absolute Gasteiger partial charge is 0.233 e. The lowest BCUT2D eigenvalue weighted by Gasteiger charge is -2.20. The Kier molecular flexibility index (Phi) is 3.70. The summed E-state index contributed by atoms with van der Waals surface area (Å²) in [6, 6.07) is 0. The third-order valence-electron chi connectivity index (χ3n) is 5.60. The van der Waals surface area contributed by atoms with Gasteiger partial charge in [0.25, 0.3) is 0 Å². The molecule has 0 aromatic rings.